The van der Waals surface area contributed by atoms with Crippen molar-refractivity contribution in [3.8, 4) is 0 Å². The summed E-state index contributed by atoms with van der Waals surface area (Å²) in [6.45, 7) is 1.64. The number of hydrogen-bond donors (Lipinski definition) is 2. The molecule has 0 aliphatic rings. The van der Waals surface area contributed by atoms with Gasteiger partial charge in [0.2, 0.25) is 5.91 Å². The summed E-state index contributed by atoms with van der Waals surface area (Å²) in [6, 6.07) is 20.9. The predicted molar refractivity (Wildman–Crippen MR) is 128 cm³/mol. The summed E-state index contributed by atoms with van der Waals surface area (Å²) in [5.74, 6) is -0.771. The van der Waals surface area contributed by atoms with Crippen molar-refractivity contribution in [2.45, 2.75) is 19.5 Å². The highest BCUT2D eigenvalue weighted by Gasteiger charge is 2.16. The molecule has 1 unspecified atom stereocenters. The first-order valence-corrected chi connectivity index (χ1v) is 10.7. The van der Waals surface area contributed by atoms with Gasteiger partial charge in [0.1, 0.15) is 6.54 Å². The van der Waals surface area contributed by atoms with Crippen LogP contribution in [0.4, 0.5) is 5.69 Å². The Kier molecular flexibility index (Phi) is 6.51. The number of hydrogen-bond acceptors (Lipinski definition) is 4. The third kappa shape index (κ3) is 5.10. The van der Waals surface area contributed by atoms with E-state index in [1.807, 2.05) is 37.3 Å². The smallest absolute Gasteiger partial charge is 0.261 e. The topological polar surface area (TPSA) is 93.1 Å². The molecule has 2 N–H and O–H groups in total. The fourth-order valence-electron chi connectivity index (χ4n) is 3.48. The number of rotatable bonds is 6. The number of carbonyl (C=O) groups excluding carboxylic acids is 2. The standard InChI is InChI=1S/C25H21ClN4O3/c1-16(17-7-3-2-4-8-17)28-24(32)19-9-5-6-10-21(19)29-23(31)14-30-15-27-22-13-18(26)11-12-20(22)25(30)33/h2-13,15-16H,14H2,1H3,(H,28,32)(H,29,31). The van der Waals surface area contributed by atoms with Crippen LogP contribution in [0.25, 0.3) is 10.9 Å². The molecular formula is C25H21ClN4O3. The average Bonchev–Trinajstić information content (AvgIpc) is 2.81. The Balaban J connectivity index is 1.50. The molecule has 0 spiro atoms. The molecule has 0 aliphatic carbocycles. The average molecular weight is 461 g/mol. The van der Waals surface area contributed by atoms with Gasteiger partial charge >= 0.3 is 0 Å². The third-order valence-corrected chi connectivity index (χ3v) is 5.43. The fourth-order valence-corrected chi connectivity index (χ4v) is 3.64. The molecule has 3 aromatic carbocycles. The third-order valence-electron chi connectivity index (χ3n) is 5.19. The molecule has 4 aromatic rings. The number of amides is 2. The molecule has 4 rings (SSSR count). The number of carbonyl (C=O) groups is 2. The molecule has 0 fully saturated rings. The second-order valence-corrected chi connectivity index (χ2v) is 7.98. The number of aromatic nitrogens is 2. The molecule has 33 heavy (non-hydrogen) atoms. The molecule has 0 radical (unpaired) electrons. The SMILES string of the molecule is CC(NC(=O)c1ccccc1NC(=O)Cn1cnc2cc(Cl)ccc2c1=O)c1ccccc1. The normalized spacial score (nSPS) is 11.7. The second-order valence-electron chi connectivity index (χ2n) is 7.54. The van der Waals surface area contributed by atoms with E-state index in [2.05, 4.69) is 15.6 Å². The number of fused-ring (bicyclic) bond motifs is 1. The number of halogens is 1. The minimum atomic E-state index is -0.455. The molecular weight excluding hydrogens is 440 g/mol. The van der Waals surface area contributed by atoms with Crippen molar-refractivity contribution < 1.29 is 9.59 Å². The van der Waals surface area contributed by atoms with Gasteiger partial charge in [0.15, 0.2) is 0 Å². The summed E-state index contributed by atoms with van der Waals surface area (Å²) in [6.07, 6.45) is 1.31. The maximum absolute atomic E-state index is 12.9. The quantitative estimate of drug-likeness (QED) is 0.451. The molecule has 166 valence electrons. The molecule has 0 saturated heterocycles. The van der Waals surface area contributed by atoms with Gasteiger partial charge in [-0.15, -0.1) is 0 Å². The van der Waals surface area contributed by atoms with E-state index in [0.717, 1.165) is 5.56 Å². The molecule has 0 saturated carbocycles. The van der Waals surface area contributed by atoms with Crippen LogP contribution < -0.4 is 16.2 Å². The molecule has 0 bridgehead atoms. The van der Waals surface area contributed by atoms with Crippen LogP contribution in [-0.2, 0) is 11.3 Å². The van der Waals surface area contributed by atoms with Crippen LogP contribution in [-0.4, -0.2) is 21.4 Å². The largest absolute Gasteiger partial charge is 0.345 e. The lowest BCUT2D eigenvalue weighted by molar-refractivity contribution is -0.116. The molecule has 1 atom stereocenters. The van der Waals surface area contributed by atoms with Crippen molar-refractivity contribution in [1.82, 2.24) is 14.9 Å². The minimum Gasteiger partial charge on any atom is -0.345 e. The Labute approximate surface area is 195 Å². The molecule has 8 heteroatoms. The Hall–Kier alpha value is -3.97. The van der Waals surface area contributed by atoms with Crippen molar-refractivity contribution in [3.05, 3.63) is 106 Å². The summed E-state index contributed by atoms with van der Waals surface area (Å²) in [4.78, 5) is 42.5. The number of nitrogens with zero attached hydrogens (tertiary/aromatic N) is 2. The van der Waals surface area contributed by atoms with Crippen LogP contribution >= 0.6 is 11.6 Å². The van der Waals surface area contributed by atoms with E-state index in [0.29, 0.717) is 27.2 Å². The van der Waals surface area contributed by atoms with Crippen LogP contribution in [0.2, 0.25) is 5.02 Å². The Morgan fingerprint density at radius 1 is 1.03 bits per heavy atom. The van der Waals surface area contributed by atoms with Crippen LogP contribution in [0.15, 0.2) is 83.9 Å². The first kappa shape index (κ1) is 22.2. The zero-order chi connectivity index (χ0) is 23.4. The van der Waals surface area contributed by atoms with Gasteiger partial charge in [0, 0.05) is 5.02 Å². The van der Waals surface area contributed by atoms with Crippen molar-refractivity contribution >= 4 is 40.0 Å². The van der Waals surface area contributed by atoms with Gasteiger partial charge < -0.3 is 10.6 Å². The van der Waals surface area contributed by atoms with Gasteiger partial charge in [0.05, 0.1) is 34.5 Å². The summed E-state index contributed by atoms with van der Waals surface area (Å²) in [7, 11) is 0. The molecule has 1 heterocycles. The molecule has 2 amide bonds. The molecule has 0 aliphatic heterocycles. The number of benzene rings is 3. The van der Waals surface area contributed by atoms with Crippen LogP contribution in [0.1, 0.15) is 28.9 Å². The molecule has 7 nitrogen and oxygen atoms in total. The van der Waals surface area contributed by atoms with Gasteiger partial charge in [-0.1, -0.05) is 54.1 Å². The second kappa shape index (κ2) is 9.67. The van der Waals surface area contributed by atoms with Crippen LogP contribution in [0.5, 0.6) is 0 Å². The van der Waals surface area contributed by atoms with Gasteiger partial charge in [0.25, 0.3) is 11.5 Å². The van der Waals surface area contributed by atoms with Gasteiger partial charge in [-0.2, -0.15) is 0 Å². The Bertz CT molecular complexity index is 1390. The minimum absolute atomic E-state index is 0.210. The predicted octanol–water partition coefficient (Wildman–Crippen LogP) is 4.18. The molecule has 1 aromatic heterocycles. The van der Waals surface area contributed by atoms with Crippen LogP contribution in [0.3, 0.4) is 0 Å². The van der Waals surface area contributed by atoms with Gasteiger partial charge in [-0.3, -0.25) is 19.0 Å². The van der Waals surface area contributed by atoms with E-state index in [4.69, 9.17) is 11.6 Å². The zero-order valence-electron chi connectivity index (χ0n) is 17.8. The number of anilines is 1. The lowest BCUT2D eigenvalue weighted by Gasteiger charge is -2.16. The summed E-state index contributed by atoms with van der Waals surface area (Å²) < 4.78 is 1.21. The van der Waals surface area contributed by atoms with Crippen molar-refractivity contribution in [1.29, 1.82) is 0 Å². The van der Waals surface area contributed by atoms with E-state index < -0.39 is 5.91 Å². The maximum atomic E-state index is 12.9. The zero-order valence-corrected chi connectivity index (χ0v) is 18.5. The Morgan fingerprint density at radius 2 is 1.76 bits per heavy atom. The van der Waals surface area contributed by atoms with Crippen molar-refractivity contribution in [2.75, 3.05) is 5.32 Å². The van der Waals surface area contributed by atoms with Crippen molar-refractivity contribution in [3.63, 3.8) is 0 Å². The van der Waals surface area contributed by atoms with E-state index in [1.54, 1.807) is 42.5 Å². The maximum Gasteiger partial charge on any atom is 0.261 e. The highest BCUT2D eigenvalue weighted by atomic mass is 35.5. The van der Waals surface area contributed by atoms with Crippen LogP contribution in [0, 0.1) is 0 Å². The first-order chi connectivity index (χ1) is 15.9. The van der Waals surface area contributed by atoms with E-state index in [9.17, 15) is 14.4 Å². The summed E-state index contributed by atoms with van der Waals surface area (Å²) in [5.41, 5.74) is 1.76. The fraction of sp³-hybridized carbons (Fsp3) is 0.120. The van der Waals surface area contributed by atoms with Crippen molar-refractivity contribution in [2.24, 2.45) is 0 Å². The van der Waals surface area contributed by atoms with E-state index in [-0.39, 0.29) is 24.1 Å². The first-order valence-electron chi connectivity index (χ1n) is 10.3. The number of nitrogens with one attached hydrogen (secondary N) is 2. The summed E-state index contributed by atoms with van der Waals surface area (Å²) in [5, 5.41) is 6.51. The lowest BCUT2D eigenvalue weighted by atomic mass is 10.1. The highest BCUT2D eigenvalue weighted by Crippen LogP contribution is 2.18. The monoisotopic (exact) mass is 460 g/mol. The summed E-state index contributed by atoms with van der Waals surface area (Å²) >= 11 is 5.95. The lowest BCUT2D eigenvalue weighted by Crippen LogP contribution is -2.30. The number of para-hydroxylation sites is 1. The Morgan fingerprint density at radius 3 is 2.55 bits per heavy atom. The highest BCUT2D eigenvalue weighted by molar-refractivity contribution is 6.31. The van der Waals surface area contributed by atoms with E-state index >= 15 is 0 Å². The van der Waals surface area contributed by atoms with E-state index in [1.165, 1.54) is 10.9 Å². The van der Waals surface area contributed by atoms with Gasteiger partial charge in [-0.25, -0.2) is 4.98 Å². The van der Waals surface area contributed by atoms with Gasteiger partial charge in [-0.05, 0) is 42.8 Å².